The highest BCUT2D eigenvalue weighted by atomic mass is 31.2. The molecule has 0 N–H and O–H groups in total. The van der Waals surface area contributed by atoms with Crippen LogP contribution in [0.1, 0.15) is 43.2 Å². The van der Waals surface area contributed by atoms with Gasteiger partial charge in [-0.1, -0.05) is 280 Å². The van der Waals surface area contributed by atoms with Crippen molar-refractivity contribution in [1.29, 1.82) is 0 Å². The second-order valence-corrected chi connectivity index (χ2v) is 22.2. The highest BCUT2D eigenvalue weighted by molar-refractivity contribution is 7.85. The molecule has 1 saturated carbocycles. The third-order valence-corrected chi connectivity index (χ3v) is 18.0. The van der Waals surface area contributed by atoms with Crippen LogP contribution in [0, 0.1) is 0 Å². The summed E-state index contributed by atoms with van der Waals surface area (Å²) in [5.74, 6) is 1.89. The summed E-state index contributed by atoms with van der Waals surface area (Å²) in [7, 11) is -3.08. The molecule has 0 atom stereocenters. The molecule has 4 nitrogen and oxygen atoms in total. The monoisotopic (exact) mass is 971 g/mol. The number of hydrogen-bond donors (Lipinski definition) is 0. The first-order valence-corrected chi connectivity index (χ1v) is 27.4. The van der Waals surface area contributed by atoms with E-state index in [4.69, 9.17) is 15.0 Å². The lowest BCUT2D eigenvalue weighted by molar-refractivity contribution is 0.346. The van der Waals surface area contributed by atoms with Gasteiger partial charge in [0, 0.05) is 38.0 Å². The van der Waals surface area contributed by atoms with Crippen molar-refractivity contribution in [2.75, 3.05) is 0 Å². The third-order valence-electron chi connectivity index (χ3n) is 15.0. The van der Waals surface area contributed by atoms with E-state index in [1.807, 2.05) is 72.8 Å². The van der Waals surface area contributed by atoms with Crippen molar-refractivity contribution in [2.45, 2.75) is 37.5 Å². The van der Waals surface area contributed by atoms with Gasteiger partial charge in [0.05, 0.1) is 0 Å². The Morgan fingerprint density at radius 2 is 0.608 bits per heavy atom. The molecule has 1 aliphatic rings. The smallest absolute Gasteiger partial charge is 0.171 e. The van der Waals surface area contributed by atoms with E-state index in [0.29, 0.717) is 17.5 Å². The Labute approximate surface area is 434 Å². The van der Waals surface area contributed by atoms with Crippen molar-refractivity contribution in [3.05, 3.63) is 278 Å². The minimum atomic E-state index is -3.08. The van der Waals surface area contributed by atoms with E-state index in [0.717, 1.165) is 91.7 Å². The second-order valence-electron chi connectivity index (χ2n) is 19.4. The largest absolute Gasteiger partial charge is 0.309 e. The minimum absolute atomic E-state index is 0.153. The van der Waals surface area contributed by atoms with Gasteiger partial charge in [-0.3, -0.25) is 0 Å². The van der Waals surface area contributed by atoms with E-state index in [2.05, 4.69) is 194 Å². The lowest BCUT2D eigenvalue weighted by Gasteiger charge is -2.39. The highest BCUT2D eigenvalue weighted by Gasteiger charge is 2.36. The quantitative estimate of drug-likeness (QED) is 0.114. The maximum absolute atomic E-state index is 15.2. The Balaban J connectivity index is 0.875. The summed E-state index contributed by atoms with van der Waals surface area (Å²) in [6.07, 6.45) is 5.69. The molecule has 5 heteroatoms. The van der Waals surface area contributed by atoms with Gasteiger partial charge in [0.25, 0.3) is 0 Å². The number of hydrogen-bond acceptors (Lipinski definition) is 4. The predicted octanol–water partition coefficient (Wildman–Crippen LogP) is 16.4. The van der Waals surface area contributed by atoms with Crippen LogP contribution in [0.2, 0.25) is 0 Å². The molecule has 1 aliphatic carbocycles. The fraction of sp³-hybridized carbons (Fsp3) is 0.0870. The van der Waals surface area contributed by atoms with Gasteiger partial charge >= 0.3 is 0 Å². The number of aromatic nitrogens is 3. The fourth-order valence-electron chi connectivity index (χ4n) is 11.0. The maximum Gasteiger partial charge on any atom is 0.171 e. The standard InChI is InChI=1S/C69H54N3OP/c73-74(63-26-10-3-11-27-63,64-28-12-4-13-29-64)65-44-40-55(41-45-65)59-23-17-25-62(49-59)69(46-14-5-15-47-69)61-42-38-57(39-43-61)67-70-66(71-68(72-67)60-24-16-22-58(48-60)51-20-8-2-9-21-51)56-36-34-54(35-37-56)53-32-30-52(31-33-53)50-18-6-1-7-19-50/h1-4,6-13,16-45,48-49H,5,14-15,46-47H2. The summed E-state index contributed by atoms with van der Waals surface area (Å²) in [5.41, 5.74) is 14.5. The molecular formula is C69H54N3OP. The average molecular weight is 972 g/mol. The van der Waals surface area contributed by atoms with Crippen LogP contribution < -0.4 is 15.9 Å². The van der Waals surface area contributed by atoms with E-state index in [1.165, 1.54) is 28.7 Å². The fourth-order valence-corrected chi connectivity index (χ4v) is 13.6. The van der Waals surface area contributed by atoms with Gasteiger partial charge in [0.1, 0.15) is 0 Å². The van der Waals surface area contributed by atoms with Crippen LogP contribution >= 0.6 is 7.14 Å². The van der Waals surface area contributed by atoms with Gasteiger partial charge < -0.3 is 4.57 Å². The van der Waals surface area contributed by atoms with Crippen LogP contribution in [-0.4, -0.2) is 15.0 Å². The summed E-state index contributed by atoms with van der Waals surface area (Å²) in [6.45, 7) is 0. The zero-order valence-electron chi connectivity index (χ0n) is 41.1. The third kappa shape index (κ3) is 9.26. The number of rotatable bonds is 12. The lowest BCUT2D eigenvalue weighted by atomic mass is 9.65. The molecule has 11 aromatic rings. The van der Waals surface area contributed by atoms with Crippen LogP contribution in [-0.2, 0) is 9.98 Å². The van der Waals surface area contributed by atoms with E-state index < -0.39 is 7.14 Å². The molecule has 0 spiro atoms. The molecule has 12 rings (SSSR count). The van der Waals surface area contributed by atoms with E-state index in [1.54, 1.807) is 0 Å². The van der Waals surface area contributed by atoms with Crippen LogP contribution in [0.3, 0.4) is 0 Å². The molecule has 0 bridgehead atoms. The van der Waals surface area contributed by atoms with E-state index in [-0.39, 0.29) is 5.41 Å². The Morgan fingerprint density at radius 3 is 1.12 bits per heavy atom. The van der Waals surface area contributed by atoms with Crippen molar-refractivity contribution in [3.63, 3.8) is 0 Å². The molecule has 10 aromatic carbocycles. The average Bonchev–Trinajstić information content (AvgIpc) is 3.51. The highest BCUT2D eigenvalue weighted by Crippen LogP contribution is 2.47. The normalized spacial score (nSPS) is 13.3. The molecule has 356 valence electrons. The van der Waals surface area contributed by atoms with E-state index in [9.17, 15) is 0 Å². The molecule has 74 heavy (non-hydrogen) atoms. The van der Waals surface area contributed by atoms with Crippen molar-refractivity contribution >= 4 is 23.1 Å². The Bertz CT molecular complexity index is 3680. The first-order chi connectivity index (χ1) is 36.5. The Hall–Kier alpha value is -8.56. The van der Waals surface area contributed by atoms with Crippen molar-refractivity contribution in [2.24, 2.45) is 0 Å². The zero-order valence-corrected chi connectivity index (χ0v) is 42.0. The molecule has 0 amide bonds. The van der Waals surface area contributed by atoms with Gasteiger partial charge in [0.15, 0.2) is 24.6 Å². The van der Waals surface area contributed by atoms with Crippen molar-refractivity contribution in [3.8, 4) is 78.7 Å². The zero-order chi connectivity index (χ0) is 49.7. The van der Waals surface area contributed by atoms with Crippen molar-refractivity contribution in [1.82, 2.24) is 15.0 Å². The molecule has 0 unspecified atom stereocenters. The lowest BCUT2D eigenvalue weighted by Crippen LogP contribution is -2.30. The van der Waals surface area contributed by atoms with Gasteiger partial charge in [-0.15, -0.1) is 0 Å². The van der Waals surface area contributed by atoms with Crippen LogP contribution in [0.5, 0.6) is 0 Å². The summed E-state index contributed by atoms with van der Waals surface area (Å²) < 4.78 is 15.2. The predicted molar refractivity (Wildman–Crippen MR) is 308 cm³/mol. The number of benzene rings is 10. The maximum atomic E-state index is 15.2. The Morgan fingerprint density at radius 1 is 0.270 bits per heavy atom. The van der Waals surface area contributed by atoms with Gasteiger partial charge in [0.2, 0.25) is 0 Å². The summed E-state index contributed by atoms with van der Waals surface area (Å²) in [6, 6.07) is 93.0. The van der Waals surface area contributed by atoms with Gasteiger partial charge in [-0.05, 0) is 74.5 Å². The first-order valence-electron chi connectivity index (χ1n) is 25.7. The molecule has 0 saturated heterocycles. The molecule has 1 fully saturated rings. The van der Waals surface area contributed by atoms with Crippen LogP contribution in [0.15, 0.2) is 267 Å². The van der Waals surface area contributed by atoms with Crippen LogP contribution in [0.25, 0.3) is 78.7 Å². The summed E-state index contributed by atoms with van der Waals surface area (Å²) >= 11 is 0. The summed E-state index contributed by atoms with van der Waals surface area (Å²) in [4.78, 5) is 15.6. The van der Waals surface area contributed by atoms with Gasteiger partial charge in [-0.2, -0.15) is 0 Å². The summed E-state index contributed by atoms with van der Waals surface area (Å²) in [5, 5.41) is 2.50. The van der Waals surface area contributed by atoms with Crippen LogP contribution in [0.4, 0.5) is 0 Å². The molecular weight excluding hydrogens is 918 g/mol. The van der Waals surface area contributed by atoms with E-state index >= 15 is 4.57 Å². The first kappa shape index (κ1) is 46.5. The topological polar surface area (TPSA) is 55.7 Å². The molecule has 0 aliphatic heterocycles. The molecule has 1 heterocycles. The SMILES string of the molecule is O=P(c1ccccc1)(c1ccccc1)c1ccc(-c2cccc(C3(c4ccc(-c5nc(-c6ccc(-c7ccc(-c8ccccc8)cc7)cc6)nc(-c6cccc(-c7ccccc7)c6)n5)cc4)CCCCC3)c2)cc1. The Kier molecular flexibility index (Phi) is 12.9. The molecule has 1 aromatic heterocycles. The minimum Gasteiger partial charge on any atom is -0.309 e. The number of nitrogens with zero attached hydrogens (tertiary/aromatic N) is 3. The molecule has 0 radical (unpaired) electrons. The van der Waals surface area contributed by atoms with Gasteiger partial charge in [-0.25, -0.2) is 15.0 Å². The van der Waals surface area contributed by atoms with Crippen molar-refractivity contribution < 1.29 is 4.57 Å². The second kappa shape index (κ2) is 20.5.